The van der Waals surface area contributed by atoms with Crippen molar-refractivity contribution in [2.45, 2.75) is 13.8 Å². The number of nitrogens with zero attached hydrogens (tertiary/aromatic N) is 2. The standard InChI is InChI=1S/C12H17N3/c1-10(2)8-15-9-13-12(14-15)11-6-4-3-5-7-11/h3-7,10H,8-9H2,1-2H3,(H,13,14). The van der Waals surface area contributed by atoms with E-state index in [1.165, 1.54) is 0 Å². The average Bonchev–Trinajstić information content (AvgIpc) is 2.67. The van der Waals surface area contributed by atoms with Gasteiger partial charge in [0, 0.05) is 12.1 Å². The summed E-state index contributed by atoms with van der Waals surface area (Å²) in [6, 6.07) is 10.2. The molecule has 0 unspecified atom stereocenters. The number of nitrogens with one attached hydrogen (secondary N) is 1. The molecule has 1 aromatic rings. The number of benzene rings is 1. The Bertz CT molecular complexity index is 343. The van der Waals surface area contributed by atoms with Crippen LogP contribution in [-0.4, -0.2) is 24.1 Å². The summed E-state index contributed by atoms with van der Waals surface area (Å²) >= 11 is 0. The zero-order chi connectivity index (χ0) is 10.7. The number of aliphatic imine (C=N–C) groups is 1. The van der Waals surface area contributed by atoms with Gasteiger partial charge in [0.1, 0.15) is 12.5 Å². The summed E-state index contributed by atoms with van der Waals surface area (Å²) in [7, 11) is 0. The van der Waals surface area contributed by atoms with Crippen molar-refractivity contribution in [1.82, 2.24) is 10.4 Å². The number of hydrogen-bond acceptors (Lipinski definition) is 3. The Kier molecular flexibility index (Phi) is 3.02. The highest BCUT2D eigenvalue weighted by atomic mass is 15.6. The molecule has 0 spiro atoms. The second-order valence-electron chi connectivity index (χ2n) is 4.24. The Balaban J connectivity index is 1.98. The number of rotatable bonds is 3. The highest BCUT2D eigenvalue weighted by molar-refractivity contribution is 5.99. The molecule has 0 atom stereocenters. The Morgan fingerprint density at radius 2 is 2.07 bits per heavy atom. The van der Waals surface area contributed by atoms with Crippen molar-refractivity contribution in [3.8, 4) is 0 Å². The van der Waals surface area contributed by atoms with Crippen molar-refractivity contribution in [3.63, 3.8) is 0 Å². The van der Waals surface area contributed by atoms with Crippen LogP contribution in [0.4, 0.5) is 0 Å². The van der Waals surface area contributed by atoms with Crippen LogP contribution in [0, 0.1) is 5.92 Å². The minimum absolute atomic E-state index is 0.655. The molecule has 3 heteroatoms. The SMILES string of the molecule is CC(C)CN1CN=C(c2ccccc2)N1. The van der Waals surface area contributed by atoms with Gasteiger partial charge in [-0.05, 0) is 5.92 Å². The molecule has 0 fully saturated rings. The van der Waals surface area contributed by atoms with E-state index >= 15 is 0 Å². The van der Waals surface area contributed by atoms with Gasteiger partial charge in [0.15, 0.2) is 0 Å². The van der Waals surface area contributed by atoms with Crippen molar-refractivity contribution in [2.24, 2.45) is 10.9 Å². The highest BCUT2D eigenvalue weighted by Crippen LogP contribution is 2.06. The minimum atomic E-state index is 0.655. The van der Waals surface area contributed by atoms with Gasteiger partial charge in [-0.25, -0.2) is 10.0 Å². The van der Waals surface area contributed by atoms with Gasteiger partial charge in [-0.1, -0.05) is 44.2 Å². The van der Waals surface area contributed by atoms with Crippen LogP contribution in [0.25, 0.3) is 0 Å². The van der Waals surface area contributed by atoms with E-state index in [0.717, 1.165) is 24.6 Å². The van der Waals surface area contributed by atoms with E-state index in [1.807, 2.05) is 18.2 Å². The number of hydrazine groups is 1. The minimum Gasteiger partial charge on any atom is -0.301 e. The van der Waals surface area contributed by atoms with Crippen LogP contribution in [0.3, 0.4) is 0 Å². The fourth-order valence-corrected chi connectivity index (χ4v) is 1.67. The summed E-state index contributed by atoms with van der Waals surface area (Å²) in [5.74, 6) is 1.64. The van der Waals surface area contributed by atoms with Crippen molar-refractivity contribution in [2.75, 3.05) is 13.2 Å². The second-order valence-corrected chi connectivity index (χ2v) is 4.24. The molecule has 3 nitrogen and oxygen atoms in total. The lowest BCUT2D eigenvalue weighted by atomic mass is 10.2. The van der Waals surface area contributed by atoms with Gasteiger partial charge in [-0.3, -0.25) is 0 Å². The van der Waals surface area contributed by atoms with Crippen LogP contribution in [0.5, 0.6) is 0 Å². The molecule has 0 saturated carbocycles. The smallest absolute Gasteiger partial charge is 0.144 e. The predicted molar refractivity (Wildman–Crippen MR) is 62.5 cm³/mol. The van der Waals surface area contributed by atoms with Crippen LogP contribution in [0.2, 0.25) is 0 Å². The lowest BCUT2D eigenvalue weighted by molar-refractivity contribution is 0.235. The van der Waals surface area contributed by atoms with E-state index < -0.39 is 0 Å². The maximum absolute atomic E-state index is 4.47. The summed E-state index contributed by atoms with van der Waals surface area (Å²) in [6.45, 7) is 6.20. The maximum atomic E-state index is 4.47. The van der Waals surface area contributed by atoms with Gasteiger partial charge in [0.05, 0.1) is 0 Å². The zero-order valence-corrected chi connectivity index (χ0v) is 9.27. The maximum Gasteiger partial charge on any atom is 0.144 e. The summed E-state index contributed by atoms with van der Waals surface area (Å²) in [5, 5.41) is 2.15. The van der Waals surface area contributed by atoms with E-state index in [9.17, 15) is 0 Å². The Morgan fingerprint density at radius 3 is 2.73 bits per heavy atom. The number of amidine groups is 1. The first-order valence-corrected chi connectivity index (χ1v) is 5.37. The van der Waals surface area contributed by atoms with Crippen LogP contribution >= 0.6 is 0 Å². The summed E-state index contributed by atoms with van der Waals surface area (Å²) in [6.07, 6.45) is 0. The molecule has 0 saturated heterocycles. The largest absolute Gasteiger partial charge is 0.301 e. The van der Waals surface area contributed by atoms with Crippen molar-refractivity contribution in [1.29, 1.82) is 0 Å². The van der Waals surface area contributed by atoms with Gasteiger partial charge in [0.2, 0.25) is 0 Å². The Morgan fingerprint density at radius 1 is 1.33 bits per heavy atom. The molecule has 0 bridgehead atoms. The fourth-order valence-electron chi connectivity index (χ4n) is 1.67. The molecule has 80 valence electrons. The van der Waals surface area contributed by atoms with Gasteiger partial charge < -0.3 is 5.43 Å². The van der Waals surface area contributed by atoms with E-state index in [4.69, 9.17) is 0 Å². The molecule has 1 aromatic carbocycles. The lowest BCUT2D eigenvalue weighted by Crippen LogP contribution is -2.38. The lowest BCUT2D eigenvalue weighted by Gasteiger charge is -2.18. The third kappa shape index (κ3) is 2.57. The van der Waals surface area contributed by atoms with Crippen LogP contribution in [-0.2, 0) is 0 Å². The van der Waals surface area contributed by atoms with Crippen LogP contribution in [0.1, 0.15) is 19.4 Å². The molecule has 2 rings (SSSR count). The molecule has 0 radical (unpaired) electrons. The van der Waals surface area contributed by atoms with Crippen LogP contribution < -0.4 is 5.43 Å². The first kappa shape index (κ1) is 10.2. The van der Waals surface area contributed by atoms with Crippen LogP contribution in [0.15, 0.2) is 35.3 Å². The quantitative estimate of drug-likeness (QED) is 0.812. The molecular weight excluding hydrogens is 186 g/mol. The molecule has 1 N–H and O–H groups in total. The first-order chi connectivity index (χ1) is 7.25. The van der Waals surface area contributed by atoms with Gasteiger partial charge in [-0.15, -0.1) is 0 Å². The molecular formula is C12H17N3. The highest BCUT2D eigenvalue weighted by Gasteiger charge is 2.15. The summed E-state index contributed by atoms with van der Waals surface area (Å²) < 4.78 is 0. The molecule has 0 amide bonds. The van der Waals surface area contributed by atoms with E-state index in [0.29, 0.717) is 5.92 Å². The van der Waals surface area contributed by atoms with Crippen molar-refractivity contribution >= 4 is 5.84 Å². The van der Waals surface area contributed by atoms with Crippen molar-refractivity contribution in [3.05, 3.63) is 35.9 Å². The molecule has 1 aliphatic rings. The fraction of sp³-hybridized carbons (Fsp3) is 0.417. The third-order valence-corrected chi connectivity index (χ3v) is 2.30. The average molecular weight is 203 g/mol. The molecule has 1 heterocycles. The van der Waals surface area contributed by atoms with E-state index in [1.54, 1.807) is 0 Å². The molecule has 1 aliphatic heterocycles. The zero-order valence-electron chi connectivity index (χ0n) is 9.27. The Labute approximate surface area is 90.8 Å². The summed E-state index contributed by atoms with van der Waals surface area (Å²) in [4.78, 5) is 4.47. The first-order valence-electron chi connectivity index (χ1n) is 5.37. The van der Waals surface area contributed by atoms with Crippen molar-refractivity contribution < 1.29 is 0 Å². The topological polar surface area (TPSA) is 27.6 Å². The third-order valence-electron chi connectivity index (χ3n) is 2.30. The van der Waals surface area contributed by atoms with Gasteiger partial charge in [-0.2, -0.15) is 0 Å². The van der Waals surface area contributed by atoms with Gasteiger partial charge in [0.25, 0.3) is 0 Å². The summed E-state index contributed by atoms with van der Waals surface area (Å²) in [5.41, 5.74) is 4.48. The molecule has 0 aromatic heterocycles. The monoisotopic (exact) mass is 203 g/mol. The second kappa shape index (κ2) is 4.45. The van der Waals surface area contributed by atoms with Gasteiger partial charge >= 0.3 is 0 Å². The van der Waals surface area contributed by atoms with E-state index in [2.05, 4.69) is 41.4 Å². The molecule has 15 heavy (non-hydrogen) atoms. The Hall–Kier alpha value is -1.35. The number of hydrogen-bond donors (Lipinski definition) is 1. The van der Waals surface area contributed by atoms with E-state index in [-0.39, 0.29) is 0 Å². The molecule has 0 aliphatic carbocycles. The normalized spacial score (nSPS) is 16.6. The predicted octanol–water partition coefficient (Wildman–Crippen LogP) is 1.87.